The Labute approximate surface area is 288 Å². The molecule has 2 N–H and O–H groups in total. The van der Waals surface area contributed by atoms with Gasteiger partial charge in [-0.3, -0.25) is 19.1 Å². The first-order chi connectivity index (χ1) is 22.2. The molecule has 8 heteroatoms. The lowest BCUT2D eigenvalue weighted by Crippen LogP contribution is -2.69. The molecule has 0 aromatic carbocycles. The van der Waals surface area contributed by atoms with E-state index in [0.717, 1.165) is 51.4 Å². The number of aromatic nitrogens is 2. The predicted molar refractivity (Wildman–Crippen MR) is 186 cm³/mol. The van der Waals surface area contributed by atoms with E-state index in [1.54, 1.807) is 24.7 Å². The molecule has 266 valence electrons. The average molecular weight is 664 g/mol. The smallest absolute Gasteiger partial charge is 0.309 e. The van der Waals surface area contributed by atoms with Gasteiger partial charge < -0.3 is 15.2 Å². The molecule has 5 aliphatic carbocycles. The second-order valence-electron chi connectivity index (χ2n) is 18.9. The van der Waals surface area contributed by atoms with Crippen molar-refractivity contribution < 1.29 is 24.2 Å². The van der Waals surface area contributed by atoms with Gasteiger partial charge in [0.25, 0.3) is 5.91 Å². The Morgan fingerprint density at radius 2 is 1.69 bits per heavy atom. The van der Waals surface area contributed by atoms with Gasteiger partial charge in [-0.25, -0.2) is 0 Å². The lowest BCUT2D eigenvalue weighted by molar-refractivity contribution is -0.246. The fourth-order valence-corrected chi connectivity index (χ4v) is 13.0. The number of aliphatic carboxylic acids is 1. The first kappa shape index (κ1) is 35.2. The van der Waals surface area contributed by atoms with Crippen LogP contribution in [0, 0.1) is 56.7 Å². The zero-order chi connectivity index (χ0) is 35.2. The van der Waals surface area contributed by atoms with Crippen molar-refractivity contribution in [2.75, 3.05) is 0 Å². The molecule has 10 atom stereocenters. The van der Waals surface area contributed by atoms with Crippen LogP contribution in [0.4, 0.5) is 0 Å². The van der Waals surface area contributed by atoms with E-state index >= 15 is 0 Å². The molecule has 0 bridgehead atoms. The van der Waals surface area contributed by atoms with Gasteiger partial charge in [-0.05, 0) is 131 Å². The van der Waals surface area contributed by atoms with Crippen molar-refractivity contribution in [2.24, 2.45) is 63.7 Å². The summed E-state index contributed by atoms with van der Waals surface area (Å²) >= 11 is 0. The molecule has 48 heavy (non-hydrogen) atoms. The average Bonchev–Trinajstić information content (AvgIpc) is 3.59. The third-order valence-corrected chi connectivity index (χ3v) is 15.8. The summed E-state index contributed by atoms with van der Waals surface area (Å²) < 4.78 is 7.86. The maximum Gasteiger partial charge on any atom is 0.309 e. The number of carboxylic acid groups (broad SMARTS) is 1. The lowest BCUT2D eigenvalue weighted by atomic mass is 9.32. The molecule has 0 saturated heterocycles. The van der Waals surface area contributed by atoms with E-state index in [1.807, 2.05) is 13.2 Å². The molecule has 5 saturated carbocycles. The fourth-order valence-electron chi connectivity index (χ4n) is 13.0. The van der Waals surface area contributed by atoms with Gasteiger partial charge in [0.15, 0.2) is 0 Å². The maximum absolute atomic E-state index is 13.7. The summed E-state index contributed by atoms with van der Waals surface area (Å²) in [5.41, 5.74) is 0.750. The van der Waals surface area contributed by atoms with Crippen LogP contribution >= 0.6 is 0 Å². The summed E-state index contributed by atoms with van der Waals surface area (Å²) in [6.45, 7) is 22.2. The molecule has 8 nitrogen and oxygen atoms in total. The van der Waals surface area contributed by atoms with Crippen LogP contribution in [0.5, 0.6) is 0 Å². The Kier molecular flexibility index (Phi) is 8.39. The van der Waals surface area contributed by atoms with E-state index in [1.165, 1.54) is 18.4 Å². The summed E-state index contributed by atoms with van der Waals surface area (Å²) in [5.74, 6) is 0.890. The van der Waals surface area contributed by atoms with Crippen LogP contribution in [0.1, 0.15) is 136 Å². The van der Waals surface area contributed by atoms with Gasteiger partial charge in [0.05, 0.1) is 23.6 Å². The summed E-state index contributed by atoms with van der Waals surface area (Å²) in [6, 6.07) is 0. The van der Waals surface area contributed by atoms with Crippen molar-refractivity contribution in [3.05, 3.63) is 30.1 Å². The van der Waals surface area contributed by atoms with E-state index in [4.69, 9.17) is 4.74 Å². The van der Waals surface area contributed by atoms with Crippen LogP contribution in [-0.4, -0.2) is 44.4 Å². The second kappa shape index (κ2) is 11.4. The van der Waals surface area contributed by atoms with Gasteiger partial charge in [-0.15, -0.1) is 0 Å². The van der Waals surface area contributed by atoms with Gasteiger partial charge in [0, 0.05) is 24.2 Å². The summed E-state index contributed by atoms with van der Waals surface area (Å²) in [6.07, 6.45) is 13.8. The summed E-state index contributed by atoms with van der Waals surface area (Å²) in [7, 11) is 1.86. The molecule has 1 aromatic rings. The van der Waals surface area contributed by atoms with E-state index in [0.29, 0.717) is 35.2 Å². The zero-order valence-corrected chi connectivity index (χ0v) is 31.1. The second-order valence-corrected chi connectivity index (χ2v) is 18.9. The van der Waals surface area contributed by atoms with Gasteiger partial charge in [-0.1, -0.05) is 46.8 Å². The van der Waals surface area contributed by atoms with Crippen molar-refractivity contribution in [2.45, 2.75) is 138 Å². The minimum atomic E-state index is -1.15. The van der Waals surface area contributed by atoms with Crippen LogP contribution in [-0.2, 0) is 21.4 Å². The molecule has 1 heterocycles. The van der Waals surface area contributed by atoms with Crippen molar-refractivity contribution in [1.82, 2.24) is 15.1 Å². The van der Waals surface area contributed by atoms with Crippen LogP contribution in [0.15, 0.2) is 24.5 Å². The molecule has 0 spiro atoms. The minimum absolute atomic E-state index is 0.00167. The van der Waals surface area contributed by atoms with Crippen molar-refractivity contribution in [3.8, 4) is 0 Å². The number of rotatable bonds is 7. The number of nitrogens with zero attached hydrogens (tertiary/aromatic N) is 2. The van der Waals surface area contributed by atoms with Gasteiger partial charge >= 0.3 is 11.9 Å². The highest BCUT2D eigenvalue weighted by molar-refractivity contribution is 5.94. The molecule has 5 fully saturated rings. The number of hydrogen-bond acceptors (Lipinski definition) is 5. The van der Waals surface area contributed by atoms with Crippen molar-refractivity contribution >= 4 is 17.8 Å². The number of nitrogens with one attached hydrogen (secondary N) is 1. The van der Waals surface area contributed by atoms with E-state index in [2.05, 4.69) is 58.5 Å². The Balaban J connectivity index is 1.27. The number of esters is 1. The van der Waals surface area contributed by atoms with Gasteiger partial charge in [-0.2, -0.15) is 5.10 Å². The topological polar surface area (TPSA) is 111 Å². The molecule has 6 rings (SSSR count). The monoisotopic (exact) mass is 663 g/mol. The molecule has 0 unspecified atom stereocenters. The van der Waals surface area contributed by atoms with E-state index in [-0.39, 0.29) is 45.6 Å². The SMILES string of the molecule is C=C(C)[C@@H]1CC[C@]2(NC(=O)c3cnn(C)c3)CC[C@]3(C)[C@H](CC[C@@H]4[C@@]5(C)CC[C@H](OC(=O)CC(C)(C)C(=O)O)C(C)(C)[C@@H]5CC[C@]43C)[C@@H]12. The molecule has 1 amide bonds. The van der Waals surface area contributed by atoms with Crippen LogP contribution in [0.2, 0.25) is 0 Å². The van der Waals surface area contributed by atoms with E-state index < -0.39 is 17.4 Å². The predicted octanol–water partition coefficient (Wildman–Crippen LogP) is 7.97. The molecule has 1 aromatic heterocycles. The number of carbonyl (C=O) groups is 3. The Morgan fingerprint density at radius 3 is 2.31 bits per heavy atom. The van der Waals surface area contributed by atoms with Crippen LogP contribution < -0.4 is 5.32 Å². The highest BCUT2D eigenvalue weighted by atomic mass is 16.5. The number of hydrogen-bond donors (Lipinski definition) is 2. The Bertz CT molecular complexity index is 1490. The number of fused-ring (bicyclic) bond motifs is 7. The summed E-state index contributed by atoms with van der Waals surface area (Å²) in [5, 5.41) is 17.5. The van der Waals surface area contributed by atoms with Crippen LogP contribution in [0.25, 0.3) is 0 Å². The Morgan fingerprint density at radius 1 is 0.979 bits per heavy atom. The molecule has 5 aliphatic rings. The van der Waals surface area contributed by atoms with E-state index in [9.17, 15) is 19.5 Å². The highest BCUT2D eigenvalue weighted by Gasteiger charge is 2.71. The molecule has 0 aliphatic heterocycles. The number of carboxylic acids is 1. The first-order valence-electron chi connectivity index (χ1n) is 18.6. The van der Waals surface area contributed by atoms with Gasteiger partial charge in [0.1, 0.15) is 6.10 Å². The quantitative estimate of drug-likeness (QED) is 0.226. The van der Waals surface area contributed by atoms with Crippen molar-refractivity contribution in [1.29, 1.82) is 0 Å². The lowest BCUT2D eigenvalue weighted by Gasteiger charge is -2.73. The molecule has 0 radical (unpaired) electrons. The van der Waals surface area contributed by atoms with Crippen molar-refractivity contribution in [3.63, 3.8) is 0 Å². The number of allylic oxidation sites excluding steroid dienone is 1. The first-order valence-corrected chi connectivity index (χ1v) is 18.6. The fraction of sp³-hybridized carbons (Fsp3) is 0.800. The van der Waals surface area contributed by atoms with Gasteiger partial charge in [0.2, 0.25) is 0 Å². The van der Waals surface area contributed by atoms with Crippen LogP contribution in [0.3, 0.4) is 0 Å². The zero-order valence-electron chi connectivity index (χ0n) is 31.1. The standard InChI is InChI=1S/C40H61N3O5/c1-24(2)26-13-18-40(42-33(45)25-22-41-43(10)23-25)20-19-38(8)27(32(26)40)11-12-29-37(7)16-15-30(48-31(44)21-35(3,4)34(46)47)36(5,6)28(37)14-17-39(29,38)9/h22-23,26-30,32H,1,11-21H2,2-10H3,(H,42,45)(H,46,47)/t26-,27+,28-,29+,30-,32+,37-,38+,39+,40-/m0/s1. The third kappa shape index (κ3) is 5.11. The largest absolute Gasteiger partial charge is 0.481 e. The third-order valence-electron chi connectivity index (χ3n) is 15.8. The molecular formula is C40H61N3O5. The number of amides is 1. The number of ether oxygens (including phenoxy) is 1. The normalized spacial score (nSPS) is 41.6. The Hall–Kier alpha value is -2.64. The number of aryl methyl sites for hydroxylation is 1. The number of carbonyl (C=O) groups excluding carboxylic acids is 2. The minimum Gasteiger partial charge on any atom is -0.481 e. The molecular weight excluding hydrogens is 602 g/mol. The maximum atomic E-state index is 13.7. The highest BCUT2D eigenvalue weighted by Crippen LogP contribution is 2.76. The summed E-state index contributed by atoms with van der Waals surface area (Å²) in [4.78, 5) is 38.4.